The highest BCUT2D eigenvalue weighted by Crippen LogP contribution is 2.37. The Labute approximate surface area is 179 Å². The first-order valence-electron chi connectivity index (χ1n) is 8.82. The molecule has 2 aromatic rings. The lowest BCUT2D eigenvalue weighted by Crippen LogP contribution is -2.44. The number of hydrogen-bond acceptors (Lipinski definition) is 8. The number of hydroxylamine groups is 2. The second-order valence-electron chi connectivity index (χ2n) is 6.09. The van der Waals surface area contributed by atoms with Gasteiger partial charge in [-0.2, -0.15) is 21.6 Å². The Balaban J connectivity index is 1.90. The van der Waals surface area contributed by atoms with Gasteiger partial charge in [-0.1, -0.05) is 12.1 Å². The van der Waals surface area contributed by atoms with E-state index in [1.54, 1.807) is 12.1 Å². The molecule has 1 heterocycles. The van der Waals surface area contributed by atoms with E-state index >= 15 is 0 Å². The molecule has 13 heteroatoms. The number of benzene rings is 2. The molecule has 0 fully saturated rings. The molecule has 0 saturated heterocycles. The molecule has 0 radical (unpaired) electrons. The van der Waals surface area contributed by atoms with Crippen LogP contribution < -0.4 is 0 Å². The Hall–Kier alpha value is -2.19. The SMILES string of the molecule is CCOCOCCSc1ccc2c3c(cccc13)C(=O)N(OS(=O)(=O)C(F)(F)F)C2=O. The van der Waals surface area contributed by atoms with Gasteiger partial charge in [0.25, 0.3) is 11.8 Å². The molecule has 3 rings (SSSR count). The fourth-order valence-electron chi connectivity index (χ4n) is 2.79. The molecule has 2 amide bonds. The topological polar surface area (TPSA) is 99.2 Å². The molecule has 2 aromatic carbocycles. The highest BCUT2D eigenvalue weighted by molar-refractivity contribution is 7.99. The van der Waals surface area contributed by atoms with Crippen molar-refractivity contribution in [2.24, 2.45) is 0 Å². The second kappa shape index (κ2) is 9.12. The molecule has 0 bridgehead atoms. The quantitative estimate of drug-likeness (QED) is 0.178. The molecular weight excluding hydrogens is 463 g/mol. The van der Waals surface area contributed by atoms with E-state index in [0.29, 0.717) is 29.2 Å². The van der Waals surface area contributed by atoms with Crippen LogP contribution in [0.25, 0.3) is 10.8 Å². The van der Waals surface area contributed by atoms with E-state index in [9.17, 15) is 31.2 Å². The standard InChI is InChI=1S/C18H16F3NO7S2/c1-2-27-10-28-8-9-30-14-7-6-13-15-11(14)4-3-5-12(15)16(23)22(17(13)24)29-31(25,26)18(19,20)21/h3-7H,2,8-10H2,1H3. The van der Waals surface area contributed by atoms with Crippen molar-refractivity contribution in [2.75, 3.05) is 25.8 Å². The van der Waals surface area contributed by atoms with Gasteiger partial charge < -0.3 is 9.47 Å². The van der Waals surface area contributed by atoms with Gasteiger partial charge in [-0.3, -0.25) is 9.59 Å². The van der Waals surface area contributed by atoms with Crippen LogP contribution >= 0.6 is 11.8 Å². The lowest BCUT2D eigenvalue weighted by Gasteiger charge is -2.26. The number of amides is 2. The van der Waals surface area contributed by atoms with Gasteiger partial charge in [-0.25, -0.2) is 0 Å². The zero-order valence-corrected chi connectivity index (χ0v) is 17.6. The van der Waals surface area contributed by atoms with E-state index < -0.39 is 27.4 Å². The van der Waals surface area contributed by atoms with Gasteiger partial charge in [0.2, 0.25) is 0 Å². The van der Waals surface area contributed by atoms with Crippen LogP contribution in [0, 0.1) is 0 Å². The normalized spacial score (nSPS) is 14.5. The molecule has 8 nitrogen and oxygen atoms in total. The predicted octanol–water partition coefficient (Wildman–Crippen LogP) is 3.32. The van der Waals surface area contributed by atoms with Crippen LogP contribution in [0.2, 0.25) is 0 Å². The van der Waals surface area contributed by atoms with Crippen molar-refractivity contribution in [3.05, 3.63) is 41.5 Å². The summed E-state index contributed by atoms with van der Waals surface area (Å²) in [4.78, 5) is 25.9. The molecule has 0 N–H and O–H groups in total. The molecule has 0 spiro atoms. The number of thioether (sulfide) groups is 1. The van der Waals surface area contributed by atoms with Crippen LogP contribution in [0.3, 0.4) is 0 Å². The molecule has 31 heavy (non-hydrogen) atoms. The Morgan fingerprint density at radius 1 is 1.03 bits per heavy atom. The van der Waals surface area contributed by atoms with Crippen molar-refractivity contribution in [1.29, 1.82) is 0 Å². The summed E-state index contributed by atoms with van der Waals surface area (Å²) in [6.45, 7) is 2.89. The first-order chi connectivity index (χ1) is 14.6. The summed E-state index contributed by atoms with van der Waals surface area (Å²) >= 11 is 1.38. The Kier molecular flexibility index (Phi) is 6.91. The van der Waals surface area contributed by atoms with Crippen LogP contribution in [0.15, 0.2) is 35.2 Å². The Morgan fingerprint density at radius 3 is 2.35 bits per heavy atom. The number of ether oxygens (including phenoxy) is 2. The van der Waals surface area contributed by atoms with Gasteiger partial charge >= 0.3 is 15.6 Å². The van der Waals surface area contributed by atoms with Crippen molar-refractivity contribution >= 4 is 44.5 Å². The molecule has 0 aliphatic carbocycles. The molecule has 1 aliphatic heterocycles. The summed E-state index contributed by atoms with van der Waals surface area (Å²) in [5.41, 5.74) is -6.11. The highest BCUT2D eigenvalue weighted by atomic mass is 32.2. The molecule has 0 saturated carbocycles. The maximum Gasteiger partial charge on any atom is 0.525 e. The molecule has 0 aromatic heterocycles. The van der Waals surface area contributed by atoms with Crippen LogP contribution in [0.5, 0.6) is 0 Å². The predicted molar refractivity (Wildman–Crippen MR) is 104 cm³/mol. The van der Waals surface area contributed by atoms with Gasteiger partial charge in [0.15, 0.2) is 0 Å². The average Bonchev–Trinajstić information content (AvgIpc) is 2.71. The van der Waals surface area contributed by atoms with Crippen molar-refractivity contribution < 1.29 is 44.9 Å². The molecule has 168 valence electrons. The van der Waals surface area contributed by atoms with Gasteiger partial charge in [-0.05, 0) is 30.5 Å². The van der Waals surface area contributed by atoms with E-state index in [4.69, 9.17) is 9.47 Å². The summed E-state index contributed by atoms with van der Waals surface area (Å²) in [5.74, 6) is -2.08. The molecular formula is C18H16F3NO7S2. The van der Waals surface area contributed by atoms with Crippen LogP contribution in [0.1, 0.15) is 27.6 Å². The number of hydrogen-bond donors (Lipinski definition) is 0. The minimum Gasteiger partial charge on any atom is -0.356 e. The van der Waals surface area contributed by atoms with Gasteiger partial charge in [0.1, 0.15) is 6.79 Å². The zero-order chi connectivity index (χ0) is 22.8. The lowest BCUT2D eigenvalue weighted by molar-refractivity contribution is -0.0761. The fraction of sp³-hybridized carbons (Fsp3) is 0.333. The fourth-order valence-corrected chi connectivity index (χ4v) is 4.12. The van der Waals surface area contributed by atoms with Crippen molar-refractivity contribution in [3.8, 4) is 0 Å². The van der Waals surface area contributed by atoms with Gasteiger partial charge in [0, 0.05) is 22.6 Å². The smallest absolute Gasteiger partial charge is 0.356 e. The largest absolute Gasteiger partial charge is 0.525 e. The number of carbonyl (C=O) groups excluding carboxylic acids is 2. The van der Waals surface area contributed by atoms with Crippen molar-refractivity contribution in [2.45, 2.75) is 17.3 Å². The lowest BCUT2D eigenvalue weighted by atomic mass is 9.95. The van der Waals surface area contributed by atoms with E-state index in [-0.39, 0.29) is 28.4 Å². The number of nitrogens with zero attached hydrogens (tertiary/aromatic N) is 1. The minimum absolute atomic E-state index is 0.153. The van der Waals surface area contributed by atoms with Crippen LogP contribution in [0.4, 0.5) is 13.2 Å². The maximum absolute atomic E-state index is 12.7. The minimum atomic E-state index is -6.21. The Morgan fingerprint density at radius 2 is 1.71 bits per heavy atom. The van der Waals surface area contributed by atoms with Gasteiger partial charge in [0.05, 0.1) is 17.7 Å². The summed E-state index contributed by atoms with van der Waals surface area (Å²) in [6, 6.07) is 7.26. The average molecular weight is 479 g/mol. The summed E-state index contributed by atoms with van der Waals surface area (Å²) < 4.78 is 74.8. The number of halogens is 3. The summed E-state index contributed by atoms with van der Waals surface area (Å²) in [5, 5.41) is 0.348. The third kappa shape index (κ3) is 4.70. The molecule has 0 atom stereocenters. The second-order valence-corrected chi connectivity index (χ2v) is 8.74. The van der Waals surface area contributed by atoms with Crippen molar-refractivity contribution in [1.82, 2.24) is 5.06 Å². The zero-order valence-electron chi connectivity index (χ0n) is 16.0. The maximum atomic E-state index is 12.7. The number of imide groups is 1. The van der Waals surface area contributed by atoms with E-state index in [1.165, 1.54) is 30.0 Å². The van der Waals surface area contributed by atoms with E-state index in [1.807, 2.05) is 6.92 Å². The third-order valence-electron chi connectivity index (χ3n) is 4.14. The molecule has 1 aliphatic rings. The Bertz CT molecular complexity index is 1100. The van der Waals surface area contributed by atoms with Crippen LogP contribution in [-0.4, -0.2) is 56.6 Å². The third-order valence-corrected chi connectivity index (χ3v) is 6.09. The summed E-state index contributed by atoms with van der Waals surface area (Å²) in [7, 11) is -6.21. The highest BCUT2D eigenvalue weighted by Gasteiger charge is 2.51. The van der Waals surface area contributed by atoms with Crippen molar-refractivity contribution in [3.63, 3.8) is 0 Å². The monoisotopic (exact) mass is 479 g/mol. The van der Waals surface area contributed by atoms with Crippen LogP contribution in [-0.2, 0) is 23.9 Å². The van der Waals surface area contributed by atoms with E-state index in [0.717, 1.165) is 0 Å². The number of carbonyl (C=O) groups is 2. The molecule has 0 unspecified atom stereocenters. The first-order valence-corrected chi connectivity index (χ1v) is 11.2. The summed E-state index contributed by atoms with van der Waals surface area (Å²) in [6.07, 6.45) is 0. The number of rotatable bonds is 9. The first kappa shape index (κ1) is 23.5. The van der Waals surface area contributed by atoms with E-state index in [2.05, 4.69) is 4.28 Å². The number of alkyl halides is 3. The van der Waals surface area contributed by atoms with Gasteiger partial charge in [-0.15, -0.1) is 21.1 Å².